The average Bonchev–Trinajstić information content (AvgIpc) is 2.89. The molecule has 35 heavy (non-hydrogen) atoms. The normalized spacial score (nSPS) is 8.46. The van der Waals surface area contributed by atoms with Crippen molar-refractivity contribution in [3.63, 3.8) is 0 Å². The van der Waals surface area contributed by atoms with E-state index in [1.807, 2.05) is 90.1 Å². The second-order valence-electron chi connectivity index (χ2n) is 7.40. The minimum absolute atomic E-state index is 0.320. The van der Waals surface area contributed by atoms with Gasteiger partial charge in [0.05, 0.1) is 34.9 Å². The number of rotatable bonds is 1. The Balaban J connectivity index is 0. The number of halogens is 1. The molecule has 3 aromatic carbocycles. The van der Waals surface area contributed by atoms with E-state index >= 15 is 0 Å². The first-order valence-electron chi connectivity index (χ1n) is 11.9. The van der Waals surface area contributed by atoms with Crippen LogP contribution in [0.3, 0.4) is 0 Å². The van der Waals surface area contributed by atoms with Crippen molar-refractivity contribution in [1.29, 1.82) is 15.8 Å². The van der Waals surface area contributed by atoms with E-state index in [1.54, 1.807) is 19.1 Å². The fourth-order valence-corrected chi connectivity index (χ4v) is 2.57. The summed E-state index contributed by atoms with van der Waals surface area (Å²) in [4.78, 5) is 0. The Kier molecular flexibility index (Phi) is 18.5. The minimum atomic E-state index is -0.320. The van der Waals surface area contributed by atoms with Crippen LogP contribution in [0.1, 0.15) is 86.4 Å². The van der Waals surface area contributed by atoms with Crippen molar-refractivity contribution in [3.8, 4) is 18.2 Å². The van der Waals surface area contributed by atoms with Crippen LogP contribution in [0.4, 0.5) is 4.39 Å². The predicted octanol–water partition coefficient (Wildman–Crippen LogP) is 8.92. The zero-order chi connectivity index (χ0) is 27.4. The standard InChI is InChI=1S/C10H11N.C9H9N.C8H6FN.2C2H6/c1-8(2)10-5-3-4-9(6-10)7-11;1-7-3-4-9(6-10)8(2)5-7;1-6-2-3-7(5-10)4-8(6)9;2*1-2/h3-6,8H,1-2H3;3-5H,1-2H3;2-4H,1H3;2*1-2H3. The highest BCUT2D eigenvalue weighted by atomic mass is 19.1. The van der Waals surface area contributed by atoms with Gasteiger partial charge in [0.1, 0.15) is 5.82 Å². The van der Waals surface area contributed by atoms with Crippen molar-refractivity contribution in [1.82, 2.24) is 0 Å². The lowest BCUT2D eigenvalue weighted by Gasteiger charge is -2.03. The molecule has 0 amide bonds. The minimum Gasteiger partial charge on any atom is -0.207 e. The molecule has 0 spiro atoms. The predicted molar refractivity (Wildman–Crippen MR) is 144 cm³/mol. The van der Waals surface area contributed by atoms with Gasteiger partial charge in [0, 0.05) is 0 Å². The lowest BCUT2D eigenvalue weighted by atomic mass is 10.0. The molecule has 0 aliphatic carbocycles. The van der Waals surface area contributed by atoms with Gasteiger partial charge in [-0.25, -0.2) is 4.39 Å². The van der Waals surface area contributed by atoms with Crippen molar-refractivity contribution < 1.29 is 4.39 Å². The van der Waals surface area contributed by atoms with Crippen molar-refractivity contribution in [2.75, 3.05) is 0 Å². The molecule has 0 aliphatic rings. The third-order valence-corrected chi connectivity index (χ3v) is 4.49. The Labute approximate surface area is 212 Å². The molecule has 0 bridgehead atoms. The van der Waals surface area contributed by atoms with Crippen molar-refractivity contribution in [2.24, 2.45) is 0 Å². The van der Waals surface area contributed by atoms with Crippen LogP contribution in [-0.4, -0.2) is 0 Å². The van der Waals surface area contributed by atoms with Gasteiger partial charge in [-0.15, -0.1) is 0 Å². The molecule has 0 unspecified atom stereocenters. The van der Waals surface area contributed by atoms with Gasteiger partial charge < -0.3 is 0 Å². The molecule has 184 valence electrons. The van der Waals surface area contributed by atoms with E-state index in [0.29, 0.717) is 17.0 Å². The van der Waals surface area contributed by atoms with Crippen molar-refractivity contribution in [3.05, 3.63) is 105 Å². The summed E-state index contributed by atoms with van der Waals surface area (Å²) in [6.07, 6.45) is 0. The van der Waals surface area contributed by atoms with Gasteiger partial charge in [0.2, 0.25) is 0 Å². The van der Waals surface area contributed by atoms with Gasteiger partial charge in [-0.3, -0.25) is 0 Å². The van der Waals surface area contributed by atoms with E-state index in [0.717, 1.165) is 16.7 Å². The molecule has 0 aliphatic heterocycles. The highest BCUT2D eigenvalue weighted by Crippen LogP contribution is 2.14. The van der Waals surface area contributed by atoms with Crippen molar-refractivity contribution >= 4 is 0 Å². The molecule has 3 nitrogen and oxygen atoms in total. The molecule has 0 atom stereocenters. The van der Waals surface area contributed by atoms with E-state index < -0.39 is 0 Å². The molecular formula is C31H38FN3. The number of hydrogen-bond acceptors (Lipinski definition) is 3. The fraction of sp³-hybridized carbons (Fsp3) is 0.323. The topological polar surface area (TPSA) is 71.4 Å². The summed E-state index contributed by atoms with van der Waals surface area (Å²) in [5.74, 6) is 0.183. The van der Waals surface area contributed by atoms with E-state index in [1.165, 1.54) is 17.2 Å². The molecule has 4 heteroatoms. The van der Waals surface area contributed by atoms with Crippen LogP contribution in [0.15, 0.2) is 60.7 Å². The van der Waals surface area contributed by atoms with Crippen molar-refractivity contribution in [2.45, 2.75) is 68.2 Å². The molecule has 0 aromatic heterocycles. The lowest BCUT2D eigenvalue weighted by Crippen LogP contribution is -1.86. The van der Waals surface area contributed by atoms with E-state index in [2.05, 4.69) is 26.0 Å². The Morgan fingerprint density at radius 2 is 1.23 bits per heavy atom. The summed E-state index contributed by atoms with van der Waals surface area (Å²) >= 11 is 0. The zero-order valence-electron chi connectivity index (χ0n) is 22.6. The van der Waals surface area contributed by atoms with Crippen LogP contribution in [0, 0.1) is 60.6 Å². The summed E-state index contributed by atoms with van der Waals surface area (Å²) in [7, 11) is 0. The maximum atomic E-state index is 12.6. The molecule has 0 fully saturated rings. The molecule has 0 heterocycles. The van der Waals surface area contributed by atoms with Crippen LogP contribution in [-0.2, 0) is 0 Å². The van der Waals surface area contributed by atoms with Crippen LogP contribution in [0.2, 0.25) is 0 Å². The van der Waals surface area contributed by atoms with Gasteiger partial charge in [0.15, 0.2) is 0 Å². The molecular weight excluding hydrogens is 433 g/mol. The number of aryl methyl sites for hydroxylation is 3. The second kappa shape index (κ2) is 19.5. The number of nitriles is 3. The average molecular weight is 472 g/mol. The molecule has 3 rings (SSSR count). The molecule has 3 aromatic rings. The smallest absolute Gasteiger partial charge is 0.127 e. The summed E-state index contributed by atoms with van der Waals surface area (Å²) in [6.45, 7) is 17.9. The summed E-state index contributed by atoms with van der Waals surface area (Å²) in [5, 5.41) is 25.5. The van der Waals surface area contributed by atoms with Gasteiger partial charge in [-0.2, -0.15) is 15.8 Å². The zero-order valence-corrected chi connectivity index (χ0v) is 22.6. The first kappa shape index (κ1) is 33.2. The SMILES string of the molecule is CC.CC.CC(C)c1cccc(C#N)c1.Cc1ccc(C#N)c(C)c1.Cc1ccc(C#N)cc1F. The van der Waals surface area contributed by atoms with Gasteiger partial charge in [-0.05, 0) is 73.7 Å². The fourth-order valence-electron chi connectivity index (χ4n) is 2.57. The summed E-state index contributed by atoms with van der Waals surface area (Å²) in [6, 6.07) is 24.1. The summed E-state index contributed by atoms with van der Waals surface area (Å²) < 4.78 is 12.6. The monoisotopic (exact) mass is 471 g/mol. The van der Waals surface area contributed by atoms with Gasteiger partial charge in [0.25, 0.3) is 0 Å². The Morgan fingerprint density at radius 3 is 1.69 bits per heavy atom. The summed E-state index contributed by atoms with van der Waals surface area (Å²) in [5.41, 5.74) is 5.94. The highest BCUT2D eigenvalue weighted by molar-refractivity contribution is 5.39. The first-order chi connectivity index (χ1) is 16.7. The van der Waals surface area contributed by atoms with Gasteiger partial charge in [-0.1, -0.05) is 77.4 Å². The Bertz CT molecular complexity index is 1140. The first-order valence-corrected chi connectivity index (χ1v) is 11.9. The van der Waals surface area contributed by atoms with Crippen LogP contribution >= 0.6 is 0 Å². The van der Waals surface area contributed by atoms with Gasteiger partial charge >= 0.3 is 0 Å². The molecule has 0 N–H and O–H groups in total. The van der Waals surface area contributed by atoms with E-state index in [9.17, 15) is 4.39 Å². The third-order valence-electron chi connectivity index (χ3n) is 4.49. The Morgan fingerprint density at radius 1 is 0.657 bits per heavy atom. The largest absolute Gasteiger partial charge is 0.207 e. The van der Waals surface area contributed by atoms with Crippen LogP contribution in [0.5, 0.6) is 0 Å². The molecule has 0 saturated carbocycles. The van der Waals surface area contributed by atoms with E-state index in [-0.39, 0.29) is 5.82 Å². The third kappa shape index (κ3) is 13.4. The highest BCUT2D eigenvalue weighted by Gasteiger charge is 1.98. The molecule has 0 saturated heterocycles. The number of hydrogen-bond donors (Lipinski definition) is 0. The number of benzene rings is 3. The maximum absolute atomic E-state index is 12.6. The van der Waals surface area contributed by atoms with Crippen LogP contribution in [0.25, 0.3) is 0 Å². The van der Waals surface area contributed by atoms with E-state index in [4.69, 9.17) is 15.8 Å². The number of nitrogens with zero attached hydrogens (tertiary/aromatic N) is 3. The molecule has 0 radical (unpaired) electrons. The quantitative estimate of drug-likeness (QED) is 0.355. The maximum Gasteiger partial charge on any atom is 0.127 e. The lowest BCUT2D eigenvalue weighted by molar-refractivity contribution is 0.618. The second-order valence-corrected chi connectivity index (χ2v) is 7.40. The van der Waals surface area contributed by atoms with Crippen LogP contribution < -0.4 is 0 Å². The Hall–Kier alpha value is -3.94.